The summed E-state index contributed by atoms with van der Waals surface area (Å²) in [6.45, 7) is 0. The second-order valence-electron chi connectivity index (χ2n) is 5.77. The van der Waals surface area contributed by atoms with Crippen molar-refractivity contribution in [2.75, 3.05) is 0 Å². The van der Waals surface area contributed by atoms with Crippen LogP contribution in [0.5, 0.6) is 11.5 Å². The van der Waals surface area contributed by atoms with Gasteiger partial charge in [0.25, 0.3) is 0 Å². The molecular weight excluding hydrogens is 344 g/mol. The van der Waals surface area contributed by atoms with E-state index in [1.807, 2.05) is 36.4 Å². The topological polar surface area (TPSA) is 65.7 Å². The number of hydrogen-bond donors (Lipinski definition) is 0. The van der Waals surface area contributed by atoms with E-state index in [2.05, 4.69) is 0 Å². The van der Waals surface area contributed by atoms with E-state index in [0.29, 0.717) is 22.5 Å². The zero-order valence-electron chi connectivity index (χ0n) is 14.1. The Labute approximate surface area is 154 Å². The van der Waals surface area contributed by atoms with Gasteiger partial charge in [0.1, 0.15) is 22.8 Å². The first kappa shape index (κ1) is 16.6. The molecule has 0 radical (unpaired) electrons. The van der Waals surface area contributed by atoms with Crippen molar-refractivity contribution in [3.63, 3.8) is 0 Å². The molecule has 27 heavy (non-hydrogen) atoms. The summed E-state index contributed by atoms with van der Waals surface area (Å²) in [7, 11) is 0. The Hall–Kier alpha value is -3.86. The lowest BCUT2D eigenvalue weighted by Crippen LogP contribution is -2.14. The molecule has 0 bridgehead atoms. The molecule has 0 aliphatic carbocycles. The molecular formula is C22H14O5. The van der Waals surface area contributed by atoms with Crippen LogP contribution in [0.2, 0.25) is 0 Å². The number of ether oxygens (including phenoxy) is 2. The Balaban J connectivity index is 1.60. The fourth-order valence-electron chi connectivity index (χ4n) is 2.65. The molecule has 0 fully saturated rings. The highest BCUT2D eigenvalue weighted by molar-refractivity contribution is 5.81. The summed E-state index contributed by atoms with van der Waals surface area (Å²) in [5.74, 6) is 1.05. The van der Waals surface area contributed by atoms with Crippen LogP contribution in [0.1, 0.15) is 0 Å². The maximum atomic E-state index is 12.5. The van der Waals surface area contributed by atoms with Gasteiger partial charge in [-0.1, -0.05) is 48.5 Å². The second kappa shape index (κ2) is 7.17. The standard InChI is InChI=1S/C22H14O5/c23-19-14-21(15-7-3-1-4-8-15)27-20-12-11-17(13-18(19)20)26-22(24)25-16-9-5-2-6-10-16/h1-14H. The van der Waals surface area contributed by atoms with Crippen molar-refractivity contribution in [1.82, 2.24) is 0 Å². The number of benzene rings is 3. The molecule has 0 N–H and O–H groups in total. The molecule has 0 spiro atoms. The lowest BCUT2D eigenvalue weighted by atomic mass is 10.1. The van der Waals surface area contributed by atoms with Crippen molar-refractivity contribution in [3.8, 4) is 22.8 Å². The second-order valence-corrected chi connectivity index (χ2v) is 5.77. The third-order valence-electron chi connectivity index (χ3n) is 3.90. The van der Waals surface area contributed by atoms with Gasteiger partial charge in [0.05, 0.1) is 5.39 Å². The summed E-state index contributed by atoms with van der Waals surface area (Å²) in [5, 5.41) is 0.319. The van der Waals surface area contributed by atoms with E-state index in [9.17, 15) is 9.59 Å². The van der Waals surface area contributed by atoms with Crippen LogP contribution in [-0.4, -0.2) is 6.16 Å². The van der Waals surface area contributed by atoms with Crippen molar-refractivity contribution in [3.05, 3.63) is 95.2 Å². The molecule has 5 heteroatoms. The largest absolute Gasteiger partial charge is 0.519 e. The molecule has 0 atom stereocenters. The molecule has 0 saturated carbocycles. The maximum absolute atomic E-state index is 12.5. The molecule has 0 amide bonds. The van der Waals surface area contributed by atoms with Crippen LogP contribution in [0.15, 0.2) is 94.1 Å². The fraction of sp³-hybridized carbons (Fsp3) is 0. The zero-order chi connectivity index (χ0) is 18.6. The third kappa shape index (κ3) is 3.72. The Kier molecular flexibility index (Phi) is 4.41. The number of carbonyl (C=O) groups excluding carboxylic acids is 1. The van der Waals surface area contributed by atoms with Crippen LogP contribution in [0.4, 0.5) is 4.79 Å². The minimum atomic E-state index is -0.883. The predicted molar refractivity (Wildman–Crippen MR) is 101 cm³/mol. The van der Waals surface area contributed by atoms with E-state index >= 15 is 0 Å². The Morgan fingerprint density at radius 2 is 1.41 bits per heavy atom. The lowest BCUT2D eigenvalue weighted by molar-refractivity contribution is 0.152. The fourth-order valence-corrected chi connectivity index (χ4v) is 2.65. The molecule has 3 aromatic carbocycles. The van der Waals surface area contributed by atoms with Gasteiger partial charge in [-0.3, -0.25) is 4.79 Å². The highest BCUT2D eigenvalue weighted by Gasteiger charge is 2.11. The Bertz CT molecular complexity index is 1150. The summed E-state index contributed by atoms with van der Waals surface area (Å²) in [5.41, 5.74) is 0.991. The van der Waals surface area contributed by atoms with Gasteiger partial charge in [-0.2, -0.15) is 0 Å². The SMILES string of the molecule is O=C(Oc1ccccc1)Oc1ccc2oc(-c3ccccc3)cc(=O)c2c1. The zero-order valence-corrected chi connectivity index (χ0v) is 14.1. The van der Waals surface area contributed by atoms with E-state index in [-0.39, 0.29) is 11.2 Å². The van der Waals surface area contributed by atoms with Gasteiger partial charge in [-0.15, -0.1) is 0 Å². The molecule has 5 nitrogen and oxygen atoms in total. The summed E-state index contributed by atoms with van der Waals surface area (Å²) < 4.78 is 16.0. The molecule has 1 aromatic heterocycles. The molecule has 4 rings (SSSR count). The molecule has 0 aliphatic rings. The molecule has 1 heterocycles. The average Bonchev–Trinajstić information content (AvgIpc) is 2.69. The monoisotopic (exact) mass is 358 g/mol. The first-order valence-electron chi connectivity index (χ1n) is 8.27. The summed E-state index contributed by atoms with van der Waals surface area (Å²) >= 11 is 0. The quantitative estimate of drug-likeness (QED) is 0.379. The minimum absolute atomic E-state index is 0.197. The minimum Gasteiger partial charge on any atom is -0.456 e. The normalized spacial score (nSPS) is 10.5. The number of para-hydroxylation sites is 1. The Morgan fingerprint density at radius 1 is 0.741 bits per heavy atom. The van der Waals surface area contributed by atoms with Crippen LogP contribution in [0.3, 0.4) is 0 Å². The van der Waals surface area contributed by atoms with Crippen molar-refractivity contribution in [1.29, 1.82) is 0 Å². The van der Waals surface area contributed by atoms with Crippen LogP contribution in [-0.2, 0) is 0 Å². The molecule has 4 aromatic rings. The summed E-state index contributed by atoms with van der Waals surface area (Å²) in [4.78, 5) is 24.4. The molecule has 0 saturated heterocycles. The summed E-state index contributed by atoms with van der Waals surface area (Å²) in [6.07, 6.45) is -0.883. The van der Waals surface area contributed by atoms with E-state index in [0.717, 1.165) is 5.56 Å². The number of carbonyl (C=O) groups is 1. The molecule has 0 aliphatic heterocycles. The number of rotatable bonds is 3. The van der Waals surface area contributed by atoms with E-state index in [1.54, 1.807) is 36.4 Å². The van der Waals surface area contributed by atoms with Crippen molar-refractivity contribution < 1.29 is 18.7 Å². The van der Waals surface area contributed by atoms with Crippen LogP contribution in [0.25, 0.3) is 22.3 Å². The number of fused-ring (bicyclic) bond motifs is 1. The summed E-state index contributed by atoms with van der Waals surface area (Å²) in [6, 6.07) is 24.0. The first-order chi connectivity index (χ1) is 13.2. The van der Waals surface area contributed by atoms with Crippen molar-refractivity contribution in [2.45, 2.75) is 0 Å². The van der Waals surface area contributed by atoms with Crippen LogP contribution in [0, 0.1) is 0 Å². The van der Waals surface area contributed by atoms with Gasteiger partial charge in [0.15, 0.2) is 5.43 Å². The maximum Gasteiger partial charge on any atom is 0.519 e. The average molecular weight is 358 g/mol. The van der Waals surface area contributed by atoms with Gasteiger partial charge in [0, 0.05) is 11.6 Å². The molecule has 132 valence electrons. The van der Waals surface area contributed by atoms with Gasteiger partial charge in [-0.05, 0) is 30.3 Å². The van der Waals surface area contributed by atoms with Gasteiger partial charge in [0.2, 0.25) is 0 Å². The smallest absolute Gasteiger partial charge is 0.456 e. The van der Waals surface area contributed by atoms with Gasteiger partial charge < -0.3 is 13.9 Å². The third-order valence-corrected chi connectivity index (χ3v) is 3.90. The van der Waals surface area contributed by atoms with Crippen LogP contribution < -0.4 is 14.9 Å². The van der Waals surface area contributed by atoms with E-state index in [4.69, 9.17) is 13.9 Å². The lowest BCUT2D eigenvalue weighted by Gasteiger charge is -2.07. The van der Waals surface area contributed by atoms with E-state index < -0.39 is 6.16 Å². The van der Waals surface area contributed by atoms with Gasteiger partial charge >= 0.3 is 6.16 Å². The highest BCUT2D eigenvalue weighted by Crippen LogP contribution is 2.24. The number of hydrogen-bond acceptors (Lipinski definition) is 5. The Morgan fingerprint density at radius 3 is 2.15 bits per heavy atom. The highest BCUT2D eigenvalue weighted by atomic mass is 16.7. The van der Waals surface area contributed by atoms with Gasteiger partial charge in [-0.25, -0.2) is 4.79 Å². The first-order valence-corrected chi connectivity index (χ1v) is 8.27. The van der Waals surface area contributed by atoms with E-state index in [1.165, 1.54) is 12.1 Å². The predicted octanol–water partition coefficient (Wildman–Crippen LogP) is 5.04. The van der Waals surface area contributed by atoms with Crippen LogP contribution >= 0.6 is 0 Å². The van der Waals surface area contributed by atoms with Crippen molar-refractivity contribution >= 4 is 17.1 Å². The van der Waals surface area contributed by atoms with Crippen molar-refractivity contribution in [2.24, 2.45) is 0 Å². The molecule has 0 unspecified atom stereocenters.